The van der Waals surface area contributed by atoms with Gasteiger partial charge in [0.2, 0.25) is 11.8 Å². The number of halogens is 1. The molecule has 3 rings (SSSR count). The van der Waals surface area contributed by atoms with Crippen LogP contribution in [0.25, 0.3) is 11.5 Å². The Balaban J connectivity index is 1.66. The lowest BCUT2D eigenvalue weighted by molar-refractivity contribution is 0.300. The average Bonchev–Trinajstić information content (AvgIpc) is 3.04. The van der Waals surface area contributed by atoms with Crippen molar-refractivity contribution in [1.29, 1.82) is 0 Å². The Morgan fingerprint density at radius 3 is 2.57 bits per heavy atom. The number of ether oxygens (including phenoxy) is 1. The molecule has 0 unspecified atom stereocenters. The Morgan fingerprint density at radius 1 is 1.04 bits per heavy atom. The van der Waals surface area contributed by atoms with Crippen LogP contribution in [0.1, 0.15) is 24.8 Å². The number of aryl methyl sites for hydroxylation is 1. The zero-order valence-corrected chi connectivity index (χ0v) is 12.8. The van der Waals surface area contributed by atoms with Crippen LogP contribution in [0.3, 0.4) is 0 Å². The normalized spacial score (nSPS) is 10.7. The fraction of sp³-hybridized carbons (Fsp3) is 0.222. The second-order valence-corrected chi connectivity index (χ2v) is 5.16. The van der Waals surface area contributed by atoms with Crippen LogP contribution in [-0.2, 0) is 13.0 Å². The molecular formula is C18H17FN2O2. The molecule has 1 heterocycles. The second-order valence-electron chi connectivity index (χ2n) is 5.16. The van der Waals surface area contributed by atoms with Crippen molar-refractivity contribution < 1.29 is 13.5 Å². The Hall–Kier alpha value is -2.69. The molecule has 0 saturated carbocycles. The smallest absolute Gasteiger partial charge is 0.247 e. The Bertz CT molecular complexity index is 769. The Kier molecular flexibility index (Phi) is 4.66. The topological polar surface area (TPSA) is 48.2 Å². The van der Waals surface area contributed by atoms with Gasteiger partial charge in [-0.2, -0.15) is 0 Å². The molecule has 23 heavy (non-hydrogen) atoms. The minimum absolute atomic E-state index is 0.188. The van der Waals surface area contributed by atoms with Crippen LogP contribution in [0, 0.1) is 5.82 Å². The molecule has 3 aromatic rings. The van der Waals surface area contributed by atoms with Gasteiger partial charge >= 0.3 is 0 Å². The van der Waals surface area contributed by atoms with Gasteiger partial charge in [0.05, 0.1) is 0 Å². The maximum Gasteiger partial charge on any atom is 0.247 e. The van der Waals surface area contributed by atoms with Gasteiger partial charge in [-0.3, -0.25) is 0 Å². The first-order valence-corrected chi connectivity index (χ1v) is 7.55. The van der Waals surface area contributed by atoms with Crippen LogP contribution in [-0.4, -0.2) is 10.2 Å². The summed E-state index contributed by atoms with van der Waals surface area (Å²) < 4.78 is 24.7. The lowest BCUT2D eigenvalue weighted by atomic mass is 10.2. The molecule has 1 aromatic heterocycles. The largest absolute Gasteiger partial charge is 0.489 e. The number of aromatic nitrogens is 2. The molecule has 0 aliphatic heterocycles. The molecule has 0 radical (unpaired) electrons. The maximum atomic E-state index is 13.5. The van der Waals surface area contributed by atoms with Crippen molar-refractivity contribution in [3.8, 4) is 17.2 Å². The molecule has 0 amide bonds. The fourth-order valence-corrected chi connectivity index (χ4v) is 2.16. The quantitative estimate of drug-likeness (QED) is 0.676. The van der Waals surface area contributed by atoms with E-state index in [1.54, 1.807) is 30.3 Å². The van der Waals surface area contributed by atoms with Gasteiger partial charge in [-0.1, -0.05) is 25.1 Å². The Morgan fingerprint density at radius 2 is 1.83 bits per heavy atom. The first-order chi connectivity index (χ1) is 11.3. The molecule has 0 bridgehead atoms. The third-order valence-electron chi connectivity index (χ3n) is 3.38. The molecule has 0 aliphatic rings. The highest BCUT2D eigenvalue weighted by molar-refractivity contribution is 5.53. The lowest BCUT2D eigenvalue weighted by Crippen LogP contribution is -1.98. The molecule has 0 aliphatic carbocycles. The molecule has 0 atom stereocenters. The van der Waals surface area contributed by atoms with Crippen LogP contribution < -0.4 is 4.74 Å². The summed E-state index contributed by atoms with van der Waals surface area (Å²) in [6, 6.07) is 13.9. The predicted octanol–water partition coefficient (Wildman–Crippen LogP) is 4.41. The first kappa shape index (κ1) is 15.2. The van der Waals surface area contributed by atoms with Gasteiger partial charge < -0.3 is 9.15 Å². The van der Waals surface area contributed by atoms with E-state index in [2.05, 4.69) is 17.1 Å². The number of rotatable bonds is 6. The van der Waals surface area contributed by atoms with E-state index >= 15 is 0 Å². The summed E-state index contributed by atoms with van der Waals surface area (Å²) in [7, 11) is 0. The van der Waals surface area contributed by atoms with E-state index in [4.69, 9.17) is 9.15 Å². The summed E-state index contributed by atoms with van der Waals surface area (Å²) in [6.45, 7) is 2.25. The van der Waals surface area contributed by atoms with E-state index in [0.717, 1.165) is 18.4 Å². The molecule has 5 heteroatoms. The van der Waals surface area contributed by atoms with Crippen molar-refractivity contribution in [3.63, 3.8) is 0 Å². The van der Waals surface area contributed by atoms with Gasteiger partial charge in [-0.25, -0.2) is 4.39 Å². The van der Waals surface area contributed by atoms with Gasteiger partial charge in [0.25, 0.3) is 0 Å². The third kappa shape index (κ3) is 3.74. The third-order valence-corrected chi connectivity index (χ3v) is 3.38. The zero-order chi connectivity index (χ0) is 16.1. The number of nitrogens with zero attached hydrogens (tertiary/aromatic N) is 2. The van der Waals surface area contributed by atoms with Gasteiger partial charge in [-0.15, -0.1) is 10.2 Å². The summed E-state index contributed by atoms with van der Waals surface area (Å²) in [6.07, 6.45) is 1.74. The van der Waals surface area contributed by atoms with Crippen molar-refractivity contribution in [3.05, 3.63) is 65.8 Å². The lowest BCUT2D eigenvalue weighted by Gasteiger charge is -2.07. The SMILES string of the molecule is CCCc1nnc(-c2ccc(OCc3ccccc3F)cc2)o1. The van der Waals surface area contributed by atoms with Crippen molar-refractivity contribution in [2.45, 2.75) is 26.4 Å². The van der Waals surface area contributed by atoms with E-state index < -0.39 is 0 Å². The minimum atomic E-state index is -0.265. The van der Waals surface area contributed by atoms with Crippen LogP contribution in [0.5, 0.6) is 5.75 Å². The predicted molar refractivity (Wildman–Crippen MR) is 84.5 cm³/mol. The van der Waals surface area contributed by atoms with Crippen LogP contribution in [0.15, 0.2) is 52.9 Å². The van der Waals surface area contributed by atoms with E-state index in [0.29, 0.717) is 23.1 Å². The van der Waals surface area contributed by atoms with E-state index in [9.17, 15) is 4.39 Å². The fourth-order valence-electron chi connectivity index (χ4n) is 2.16. The monoisotopic (exact) mass is 312 g/mol. The summed E-state index contributed by atoms with van der Waals surface area (Å²) >= 11 is 0. The molecule has 0 fully saturated rings. The highest BCUT2D eigenvalue weighted by atomic mass is 19.1. The number of hydrogen-bond acceptors (Lipinski definition) is 4. The zero-order valence-electron chi connectivity index (χ0n) is 12.8. The second kappa shape index (κ2) is 7.05. The van der Waals surface area contributed by atoms with Crippen LogP contribution in [0.4, 0.5) is 4.39 Å². The van der Waals surface area contributed by atoms with Crippen molar-refractivity contribution >= 4 is 0 Å². The van der Waals surface area contributed by atoms with E-state index in [-0.39, 0.29) is 12.4 Å². The summed E-state index contributed by atoms with van der Waals surface area (Å²) in [5, 5.41) is 8.03. The van der Waals surface area contributed by atoms with Crippen molar-refractivity contribution in [1.82, 2.24) is 10.2 Å². The van der Waals surface area contributed by atoms with Crippen LogP contribution in [0.2, 0.25) is 0 Å². The highest BCUT2D eigenvalue weighted by Crippen LogP contribution is 2.22. The summed E-state index contributed by atoms with van der Waals surface area (Å²) in [5.41, 5.74) is 1.36. The summed E-state index contributed by atoms with van der Waals surface area (Å²) in [5.74, 6) is 1.53. The molecule has 4 nitrogen and oxygen atoms in total. The highest BCUT2D eigenvalue weighted by Gasteiger charge is 2.08. The van der Waals surface area contributed by atoms with Gasteiger partial charge in [0.1, 0.15) is 18.2 Å². The molecule has 118 valence electrons. The molecule has 0 saturated heterocycles. The maximum absolute atomic E-state index is 13.5. The van der Waals surface area contributed by atoms with Gasteiger partial charge in [0, 0.05) is 17.5 Å². The van der Waals surface area contributed by atoms with Gasteiger partial charge in [0.15, 0.2) is 0 Å². The van der Waals surface area contributed by atoms with Gasteiger partial charge in [-0.05, 0) is 36.8 Å². The number of benzene rings is 2. The van der Waals surface area contributed by atoms with E-state index in [1.165, 1.54) is 6.07 Å². The molecule has 2 aromatic carbocycles. The molecular weight excluding hydrogens is 295 g/mol. The molecule has 0 N–H and O–H groups in total. The van der Waals surface area contributed by atoms with Crippen molar-refractivity contribution in [2.75, 3.05) is 0 Å². The average molecular weight is 312 g/mol. The minimum Gasteiger partial charge on any atom is -0.489 e. The number of hydrogen-bond donors (Lipinski definition) is 0. The van der Waals surface area contributed by atoms with Crippen LogP contribution >= 0.6 is 0 Å². The molecule has 0 spiro atoms. The standard InChI is InChI=1S/C18H17FN2O2/c1-2-5-17-20-21-18(23-17)13-8-10-15(11-9-13)22-12-14-6-3-4-7-16(14)19/h3-4,6-11H,2,5,12H2,1H3. The van der Waals surface area contributed by atoms with E-state index in [1.807, 2.05) is 12.1 Å². The Labute approximate surface area is 133 Å². The first-order valence-electron chi connectivity index (χ1n) is 7.55. The summed E-state index contributed by atoms with van der Waals surface area (Å²) in [4.78, 5) is 0. The van der Waals surface area contributed by atoms with Crippen molar-refractivity contribution in [2.24, 2.45) is 0 Å².